The highest BCUT2D eigenvalue weighted by molar-refractivity contribution is 5.95. The van der Waals surface area contributed by atoms with E-state index in [2.05, 4.69) is 17.6 Å². The molecule has 0 spiro atoms. The van der Waals surface area contributed by atoms with Crippen molar-refractivity contribution in [3.63, 3.8) is 0 Å². The molecule has 1 heterocycles. The van der Waals surface area contributed by atoms with Gasteiger partial charge in [-0.05, 0) is 37.4 Å². The van der Waals surface area contributed by atoms with E-state index in [9.17, 15) is 4.79 Å². The third-order valence-corrected chi connectivity index (χ3v) is 3.98. The molecule has 1 unspecified atom stereocenters. The second-order valence-electron chi connectivity index (χ2n) is 5.44. The summed E-state index contributed by atoms with van der Waals surface area (Å²) in [5, 5.41) is 6.53. The highest BCUT2D eigenvalue weighted by Crippen LogP contribution is 2.19. The molecule has 0 saturated carbocycles. The molecule has 4 nitrogen and oxygen atoms in total. The van der Waals surface area contributed by atoms with Crippen LogP contribution >= 0.6 is 0 Å². The first-order valence-electron chi connectivity index (χ1n) is 7.31. The lowest BCUT2D eigenvalue weighted by atomic mass is 9.98. The monoisotopic (exact) mass is 276 g/mol. The van der Waals surface area contributed by atoms with Crippen molar-refractivity contribution >= 4 is 5.91 Å². The molecule has 1 fully saturated rings. The van der Waals surface area contributed by atoms with Crippen molar-refractivity contribution in [2.45, 2.75) is 31.7 Å². The maximum absolute atomic E-state index is 12.3. The fourth-order valence-electron chi connectivity index (χ4n) is 2.86. The molecule has 1 amide bonds. The van der Waals surface area contributed by atoms with Gasteiger partial charge < -0.3 is 15.4 Å². The number of methoxy groups -OCH3 is 1. The molecule has 1 aromatic carbocycles. The summed E-state index contributed by atoms with van der Waals surface area (Å²) < 4.78 is 5.30. The Hall–Kier alpha value is -1.39. The lowest BCUT2D eigenvalue weighted by Gasteiger charge is -2.29. The molecule has 2 N–H and O–H groups in total. The topological polar surface area (TPSA) is 50.4 Å². The molecule has 20 heavy (non-hydrogen) atoms. The van der Waals surface area contributed by atoms with E-state index in [0.717, 1.165) is 36.9 Å². The Balaban J connectivity index is 2.00. The highest BCUT2D eigenvalue weighted by atomic mass is 16.5. The third kappa shape index (κ3) is 3.38. The van der Waals surface area contributed by atoms with E-state index in [-0.39, 0.29) is 11.4 Å². The van der Waals surface area contributed by atoms with Gasteiger partial charge in [-0.3, -0.25) is 4.79 Å². The van der Waals surface area contributed by atoms with E-state index in [1.165, 1.54) is 0 Å². The standard InChI is InChI=1S/C16H24N2O2/c1-3-13-7-4-5-8-14(13)15(19)17-11-16(12-20-2)9-6-10-18-16/h4-5,7-8,18H,3,6,9-12H2,1-2H3,(H,17,19). The van der Waals surface area contributed by atoms with Crippen molar-refractivity contribution in [1.29, 1.82) is 0 Å². The molecule has 1 aromatic rings. The van der Waals surface area contributed by atoms with Crippen molar-refractivity contribution in [1.82, 2.24) is 10.6 Å². The van der Waals surface area contributed by atoms with Crippen molar-refractivity contribution in [2.75, 3.05) is 26.8 Å². The number of aryl methyl sites for hydroxylation is 1. The average molecular weight is 276 g/mol. The van der Waals surface area contributed by atoms with Gasteiger partial charge in [0, 0.05) is 19.2 Å². The van der Waals surface area contributed by atoms with Gasteiger partial charge in [-0.25, -0.2) is 0 Å². The quantitative estimate of drug-likeness (QED) is 0.832. The first-order chi connectivity index (χ1) is 9.71. The second-order valence-corrected chi connectivity index (χ2v) is 5.44. The minimum absolute atomic E-state index is 0.00614. The lowest BCUT2D eigenvalue weighted by molar-refractivity contribution is 0.0891. The van der Waals surface area contributed by atoms with E-state index in [0.29, 0.717) is 13.2 Å². The third-order valence-electron chi connectivity index (χ3n) is 3.98. The maximum atomic E-state index is 12.3. The Kier molecular flexibility index (Phi) is 5.15. The molecule has 110 valence electrons. The van der Waals surface area contributed by atoms with Crippen LogP contribution in [0.4, 0.5) is 0 Å². The number of rotatable bonds is 6. The van der Waals surface area contributed by atoms with Crippen LogP contribution in [0.25, 0.3) is 0 Å². The SMILES string of the molecule is CCc1ccccc1C(=O)NCC1(COC)CCCN1. The number of carbonyl (C=O) groups is 1. The van der Waals surface area contributed by atoms with E-state index in [1.54, 1.807) is 7.11 Å². The van der Waals surface area contributed by atoms with Crippen LogP contribution < -0.4 is 10.6 Å². The van der Waals surface area contributed by atoms with Crippen LogP contribution in [0.15, 0.2) is 24.3 Å². The number of hydrogen-bond donors (Lipinski definition) is 2. The van der Waals surface area contributed by atoms with Crippen LogP contribution in [0, 0.1) is 0 Å². The molecule has 1 saturated heterocycles. The molecule has 0 aromatic heterocycles. The number of amides is 1. The molecule has 1 aliphatic rings. The van der Waals surface area contributed by atoms with Crippen molar-refractivity contribution < 1.29 is 9.53 Å². The van der Waals surface area contributed by atoms with Gasteiger partial charge in [0.15, 0.2) is 0 Å². The van der Waals surface area contributed by atoms with Crippen LogP contribution in [-0.4, -0.2) is 38.3 Å². The van der Waals surface area contributed by atoms with Gasteiger partial charge in [0.1, 0.15) is 0 Å². The van der Waals surface area contributed by atoms with Crippen LogP contribution in [0.1, 0.15) is 35.7 Å². The number of hydrogen-bond acceptors (Lipinski definition) is 3. The summed E-state index contributed by atoms with van der Waals surface area (Å²) in [5.74, 6) is 0.00614. The molecule has 4 heteroatoms. The Labute approximate surface area is 120 Å². The summed E-state index contributed by atoms with van der Waals surface area (Å²) in [6.45, 7) is 4.29. The van der Waals surface area contributed by atoms with Crippen LogP contribution in [0.3, 0.4) is 0 Å². The minimum atomic E-state index is -0.106. The number of ether oxygens (including phenoxy) is 1. The van der Waals surface area contributed by atoms with Crippen LogP contribution in [-0.2, 0) is 11.2 Å². The highest BCUT2D eigenvalue weighted by Gasteiger charge is 2.33. The van der Waals surface area contributed by atoms with E-state index in [1.807, 2.05) is 24.3 Å². The average Bonchev–Trinajstić information content (AvgIpc) is 2.94. The summed E-state index contributed by atoms with van der Waals surface area (Å²) in [4.78, 5) is 12.3. The molecular weight excluding hydrogens is 252 g/mol. The Morgan fingerprint density at radius 2 is 2.25 bits per heavy atom. The predicted octanol–water partition coefficient (Wildman–Crippen LogP) is 1.75. The van der Waals surface area contributed by atoms with Crippen molar-refractivity contribution in [2.24, 2.45) is 0 Å². The molecule has 1 atom stereocenters. The molecule has 0 radical (unpaired) electrons. The van der Waals surface area contributed by atoms with Crippen molar-refractivity contribution in [3.8, 4) is 0 Å². The normalized spacial score (nSPS) is 21.9. The Morgan fingerprint density at radius 3 is 2.90 bits per heavy atom. The van der Waals surface area contributed by atoms with Gasteiger partial charge >= 0.3 is 0 Å². The summed E-state index contributed by atoms with van der Waals surface area (Å²) >= 11 is 0. The predicted molar refractivity (Wildman–Crippen MR) is 80.0 cm³/mol. The summed E-state index contributed by atoms with van der Waals surface area (Å²) in [7, 11) is 1.70. The van der Waals surface area contributed by atoms with Gasteiger partial charge in [-0.15, -0.1) is 0 Å². The maximum Gasteiger partial charge on any atom is 0.251 e. The lowest BCUT2D eigenvalue weighted by Crippen LogP contribution is -2.53. The first kappa shape index (κ1) is 15.0. The number of carbonyl (C=O) groups excluding carboxylic acids is 1. The summed E-state index contributed by atoms with van der Waals surface area (Å²) in [6.07, 6.45) is 3.03. The van der Waals surface area contributed by atoms with Gasteiger partial charge in [0.2, 0.25) is 0 Å². The zero-order valence-electron chi connectivity index (χ0n) is 12.4. The minimum Gasteiger partial charge on any atom is -0.383 e. The van der Waals surface area contributed by atoms with E-state index < -0.39 is 0 Å². The molecular formula is C16H24N2O2. The Morgan fingerprint density at radius 1 is 1.45 bits per heavy atom. The van der Waals surface area contributed by atoms with Gasteiger partial charge in [0.05, 0.1) is 12.1 Å². The first-order valence-corrected chi connectivity index (χ1v) is 7.31. The van der Waals surface area contributed by atoms with Crippen LogP contribution in [0.2, 0.25) is 0 Å². The fourth-order valence-corrected chi connectivity index (χ4v) is 2.86. The molecule has 0 aliphatic carbocycles. The van der Waals surface area contributed by atoms with E-state index >= 15 is 0 Å². The van der Waals surface area contributed by atoms with Crippen molar-refractivity contribution in [3.05, 3.63) is 35.4 Å². The smallest absolute Gasteiger partial charge is 0.251 e. The molecule has 1 aliphatic heterocycles. The summed E-state index contributed by atoms with van der Waals surface area (Å²) in [5.41, 5.74) is 1.76. The zero-order valence-corrected chi connectivity index (χ0v) is 12.4. The fraction of sp³-hybridized carbons (Fsp3) is 0.562. The van der Waals surface area contributed by atoms with Gasteiger partial charge in [-0.2, -0.15) is 0 Å². The molecule has 2 rings (SSSR count). The Bertz CT molecular complexity index is 454. The summed E-state index contributed by atoms with van der Waals surface area (Å²) in [6, 6.07) is 7.78. The van der Waals surface area contributed by atoms with Crippen LogP contribution in [0.5, 0.6) is 0 Å². The number of nitrogens with one attached hydrogen (secondary N) is 2. The zero-order chi connectivity index (χ0) is 14.4. The largest absolute Gasteiger partial charge is 0.383 e. The van der Waals surface area contributed by atoms with Gasteiger partial charge in [0.25, 0.3) is 5.91 Å². The van der Waals surface area contributed by atoms with E-state index in [4.69, 9.17) is 4.74 Å². The van der Waals surface area contributed by atoms with Gasteiger partial charge in [-0.1, -0.05) is 25.1 Å². The molecule has 0 bridgehead atoms. The second kappa shape index (κ2) is 6.86. The number of benzene rings is 1.